The summed E-state index contributed by atoms with van der Waals surface area (Å²) < 4.78 is 39.1. The zero-order valence-corrected chi connectivity index (χ0v) is 16.9. The van der Waals surface area contributed by atoms with Gasteiger partial charge in [-0.1, -0.05) is 23.7 Å². The highest BCUT2D eigenvalue weighted by atomic mass is 19.4. The van der Waals surface area contributed by atoms with Crippen molar-refractivity contribution in [3.8, 4) is 0 Å². The van der Waals surface area contributed by atoms with E-state index >= 15 is 0 Å². The number of benzene rings is 2. The Hall–Kier alpha value is -3.52. The SMILES string of the molecule is [N-]=[N+]=Nc1ccc(C(=O)NC23CCCC(c4nc5cc(C(F)(F)F)ccc5[nH]4)(C2)C3)cc1. The molecule has 7 nitrogen and oxygen atoms in total. The molecule has 1 aromatic heterocycles. The number of amides is 1. The molecule has 0 unspecified atom stereocenters. The highest BCUT2D eigenvalue weighted by Gasteiger charge is 2.60. The van der Waals surface area contributed by atoms with Crippen LogP contribution in [0.3, 0.4) is 0 Å². The largest absolute Gasteiger partial charge is 0.416 e. The van der Waals surface area contributed by atoms with Crippen LogP contribution in [0.4, 0.5) is 18.9 Å². The minimum absolute atomic E-state index is 0.201. The first-order valence-corrected chi connectivity index (χ1v) is 10.3. The zero-order valence-electron chi connectivity index (χ0n) is 16.9. The third-order valence-corrected chi connectivity index (χ3v) is 6.65. The van der Waals surface area contributed by atoms with E-state index in [1.807, 2.05) is 0 Å². The Morgan fingerprint density at radius 3 is 2.59 bits per heavy atom. The number of aromatic amines is 1. The van der Waals surface area contributed by atoms with Gasteiger partial charge in [-0.25, -0.2) is 4.98 Å². The molecule has 3 fully saturated rings. The summed E-state index contributed by atoms with van der Waals surface area (Å²) >= 11 is 0. The maximum atomic E-state index is 13.0. The van der Waals surface area contributed by atoms with Crippen LogP contribution >= 0.6 is 0 Å². The van der Waals surface area contributed by atoms with Gasteiger partial charge in [0.15, 0.2) is 0 Å². The molecule has 2 bridgehead atoms. The summed E-state index contributed by atoms with van der Waals surface area (Å²) in [6.07, 6.45) is -0.428. The Morgan fingerprint density at radius 2 is 1.91 bits per heavy atom. The van der Waals surface area contributed by atoms with Gasteiger partial charge in [-0.05, 0) is 61.5 Å². The topological polar surface area (TPSA) is 107 Å². The van der Waals surface area contributed by atoms with Crippen LogP contribution in [0.1, 0.15) is 53.8 Å². The lowest BCUT2D eigenvalue weighted by Crippen LogP contribution is -2.66. The molecule has 32 heavy (non-hydrogen) atoms. The molecule has 1 amide bonds. The lowest BCUT2D eigenvalue weighted by atomic mass is 9.49. The molecule has 3 saturated carbocycles. The quantitative estimate of drug-likeness (QED) is 0.299. The van der Waals surface area contributed by atoms with Gasteiger partial charge in [0, 0.05) is 27.1 Å². The second-order valence-electron chi connectivity index (χ2n) is 8.77. The predicted molar refractivity (Wildman–Crippen MR) is 111 cm³/mol. The Morgan fingerprint density at radius 1 is 1.16 bits per heavy atom. The van der Waals surface area contributed by atoms with Crippen LogP contribution in [-0.4, -0.2) is 21.4 Å². The van der Waals surface area contributed by atoms with E-state index in [2.05, 4.69) is 25.3 Å². The van der Waals surface area contributed by atoms with Crippen molar-refractivity contribution in [2.75, 3.05) is 0 Å². The highest BCUT2D eigenvalue weighted by molar-refractivity contribution is 5.95. The number of imidazole rings is 1. The Kier molecular flexibility index (Phi) is 4.46. The van der Waals surface area contributed by atoms with E-state index < -0.39 is 11.7 Å². The first-order valence-electron chi connectivity index (χ1n) is 10.3. The molecule has 0 radical (unpaired) electrons. The number of hydrogen-bond donors (Lipinski definition) is 2. The third-order valence-electron chi connectivity index (χ3n) is 6.65. The number of hydrogen-bond acceptors (Lipinski definition) is 3. The molecule has 0 atom stereocenters. The van der Waals surface area contributed by atoms with Crippen molar-refractivity contribution in [3.05, 3.63) is 69.9 Å². The van der Waals surface area contributed by atoms with E-state index in [-0.39, 0.29) is 16.9 Å². The molecule has 0 aliphatic heterocycles. The van der Waals surface area contributed by atoms with Crippen LogP contribution in [0.5, 0.6) is 0 Å². The normalized spacial score (nSPS) is 24.5. The molecule has 2 N–H and O–H groups in total. The average molecular weight is 440 g/mol. The minimum atomic E-state index is -4.41. The Balaban J connectivity index is 1.35. The second kappa shape index (κ2) is 7.00. The molecule has 0 spiro atoms. The van der Waals surface area contributed by atoms with Crippen LogP contribution in [-0.2, 0) is 11.6 Å². The van der Waals surface area contributed by atoms with Gasteiger partial charge < -0.3 is 10.3 Å². The van der Waals surface area contributed by atoms with Crippen LogP contribution in [0.25, 0.3) is 21.5 Å². The number of carbonyl (C=O) groups excluding carboxylic acids is 1. The summed E-state index contributed by atoms with van der Waals surface area (Å²) in [5, 5.41) is 6.65. The van der Waals surface area contributed by atoms with Crippen molar-refractivity contribution in [2.45, 2.75) is 49.2 Å². The fourth-order valence-electron chi connectivity index (χ4n) is 5.28. The van der Waals surface area contributed by atoms with Crippen molar-refractivity contribution in [2.24, 2.45) is 5.11 Å². The number of alkyl halides is 3. The van der Waals surface area contributed by atoms with E-state index in [0.717, 1.165) is 31.4 Å². The van der Waals surface area contributed by atoms with Gasteiger partial charge in [-0.15, -0.1) is 0 Å². The van der Waals surface area contributed by atoms with Crippen LogP contribution in [0.2, 0.25) is 0 Å². The first-order chi connectivity index (χ1) is 15.2. The van der Waals surface area contributed by atoms with Crippen LogP contribution < -0.4 is 5.32 Å². The molecule has 2 aromatic carbocycles. The molecule has 6 rings (SSSR count). The van der Waals surface area contributed by atoms with Gasteiger partial charge in [-0.3, -0.25) is 4.79 Å². The fourth-order valence-corrected chi connectivity index (χ4v) is 5.28. The van der Waals surface area contributed by atoms with Crippen molar-refractivity contribution >= 4 is 22.6 Å². The molecular weight excluding hydrogens is 421 g/mol. The van der Waals surface area contributed by atoms with E-state index in [1.54, 1.807) is 24.3 Å². The number of nitrogens with one attached hydrogen (secondary N) is 2. The molecule has 1 heterocycles. The van der Waals surface area contributed by atoms with Gasteiger partial charge >= 0.3 is 6.18 Å². The van der Waals surface area contributed by atoms with Gasteiger partial charge in [0.2, 0.25) is 0 Å². The maximum Gasteiger partial charge on any atom is 0.416 e. The molecule has 3 aliphatic rings. The number of fused-ring (bicyclic) bond motifs is 3. The van der Waals surface area contributed by atoms with Crippen LogP contribution in [0, 0.1) is 0 Å². The lowest BCUT2D eigenvalue weighted by Gasteiger charge is -2.60. The van der Waals surface area contributed by atoms with Crippen molar-refractivity contribution in [3.63, 3.8) is 0 Å². The predicted octanol–water partition coefficient (Wildman–Crippen LogP) is 5.91. The first kappa shape index (κ1) is 20.4. The second-order valence-corrected chi connectivity index (χ2v) is 8.77. The Labute approximate surface area is 180 Å². The zero-order chi connectivity index (χ0) is 22.6. The van der Waals surface area contributed by atoms with Crippen molar-refractivity contribution < 1.29 is 18.0 Å². The van der Waals surface area contributed by atoms with Crippen LogP contribution in [0.15, 0.2) is 47.6 Å². The van der Waals surface area contributed by atoms with Gasteiger partial charge in [-0.2, -0.15) is 13.2 Å². The molecule has 10 heteroatoms. The van der Waals surface area contributed by atoms with Crippen molar-refractivity contribution in [1.29, 1.82) is 0 Å². The Bertz CT molecular complexity index is 1250. The molecule has 0 saturated heterocycles. The standard InChI is InChI=1S/C22H19F3N6O/c23-22(24,25)14-4-7-16-17(10-14)28-19(27-16)20-8-1-9-21(11-20,12-20)29-18(32)13-2-5-15(6-3-13)30-31-26/h2-7,10H,1,8-9,11-12H2,(H,27,28)(H,29,32). The molecule has 3 aliphatic carbocycles. The highest BCUT2D eigenvalue weighted by Crippen LogP contribution is 2.58. The number of rotatable bonds is 4. The number of nitrogens with zero attached hydrogens (tertiary/aromatic N) is 4. The number of carbonyl (C=O) groups is 1. The van der Waals surface area contributed by atoms with E-state index in [9.17, 15) is 18.0 Å². The molecular formula is C22H19F3N6O. The number of aromatic nitrogens is 2. The molecule has 3 aromatic rings. The minimum Gasteiger partial charge on any atom is -0.347 e. The van der Waals surface area contributed by atoms with Gasteiger partial charge in [0.25, 0.3) is 5.91 Å². The molecule has 164 valence electrons. The van der Waals surface area contributed by atoms with E-state index in [4.69, 9.17) is 5.53 Å². The van der Waals surface area contributed by atoms with E-state index in [1.165, 1.54) is 6.07 Å². The number of H-pyrrole nitrogens is 1. The summed E-state index contributed by atoms with van der Waals surface area (Å²) in [4.78, 5) is 23.2. The average Bonchev–Trinajstić information content (AvgIpc) is 3.17. The summed E-state index contributed by atoms with van der Waals surface area (Å²) in [6, 6.07) is 9.94. The number of halogens is 3. The fraction of sp³-hybridized carbons (Fsp3) is 0.364. The number of azide groups is 1. The lowest BCUT2D eigenvalue weighted by molar-refractivity contribution is -0.137. The smallest absolute Gasteiger partial charge is 0.347 e. The van der Waals surface area contributed by atoms with Gasteiger partial charge in [0.1, 0.15) is 5.82 Å². The third kappa shape index (κ3) is 3.36. The van der Waals surface area contributed by atoms with Crippen molar-refractivity contribution in [1.82, 2.24) is 15.3 Å². The monoisotopic (exact) mass is 440 g/mol. The summed E-state index contributed by atoms with van der Waals surface area (Å²) in [7, 11) is 0. The summed E-state index contributed by atoms with van der Waals surface area (Å²) in [5.41, 5.74) is 8.94. The summed E-state index contributed by atoms with van der Waals surface area (Å²) in [5.74, 6) is 0.488. The van der Waals surface area contributed by atoms with Gasteiger partial charge in [0.05, 0.1) is 16.6 Å². The van der Waals surface area contributed by atoms with E-state index in [0.29, 0.717) is 41.0 Å². The summed E-state index contributed by atoms with van der Waals surface area (Å²) in [6.45, 7) is 0. The maximum absolute atomic E-state index is 13.0.